The van der Waals surface area contributed by atoms with E-state index in [-0.39, 0.29) is 0 Å². The fourth-order valence-electron chi connectivity index (χ4n) is 2.51. The van der Waals surface area contributed by atoms with Gasteiger partial charge in [0.05, 0.1) is 18.5 Å². The van der Waals surface area contributed by atoms with E-state index in [2.05, 4.69) is 43.5 Å². The lowest BCUT2D eigenvalue weighted by Crippen LogP contribution is -2.40. The molecule has 0 aromatic carbocycles. The molecule has 0 aliphatic heterocycles. The van der Waals surface area contributed by atoms with Gasteiger partial charge in [0.15, 0.2) is 5.96 Å². The molecule has 6 heteroatoms. The summed E-state index contributed by atoms with van der Waals surface area (Å²) in [5, 5.41) is 10.9. The molecule has 0 amide bonds. The molecule has 25 heavy (non-hydrogen) atoms. The third-order valence-corrected chi connectivity index (χ3v) is 3.92. The molecule has 2 aromatic heterocycles. The molecule has 0 saturated carbocycles. The summed E-state index contributed by atoms with van der Waals surface area (Å²) < 4.78 is 10.8. The molecule has 2 N–H and O–H groups in total. The molecule has 0 radical (unpaired) electrons. The summed E-state index contributed by atoms with van der Waals surface area (Å²) in [6, 6.07) is 3.89. The van der Waals surface area contributed by atoms with Crippen molar-refractivity contribution < 1.29 is 8.94 Å². The van der Waals surface area contributed by atoms with Crippen LogP contribution in [0.5, 0.6) is 0 Å². The van der Waals surface area contributed by atoms with Crippen LogP contribution >= 0.6 is 0 Å². The molecular weight excluding hydrogens is 316 g/mol. The minimum atomic E-state index is 0.546. The zero-order chi connectivity index (χ0) is 18.1. The lowest BCUT2D eigenvalue weighted by molar-refractivity contribution is 0.380. The van der Waals surface area contributed by atoms with Crippen molar-refractivity contribution in [1.82, 2.24) is 15.8 Å². The summed E-state index contributed by atoms with van der Waals surface area (Å²) >= 11 is 0. The molecule has 0 unspecified atom stereocenters. The highest BCUT2D eigenvalue weighted by Crippen LogP contribution is 2.16. The molecular formula is C19H30N4O2. The van der Waals surface area contributed by atoms with Crippen LogP contribution in [0.1, 0.15) is 50.5 Å². The normalized spacial score (nSPS) is 12.0. The van der Waals surface area contributed by atoms with Gasteiger partial charge in [0, 0.05) is 31.5 Å². The summed E-state index contributed by atoms with van der Waals surface area (Å²) in [5.41, 5.74) is 2.11. The first-order valence-electron chi connectivity index (χ1n) is 9.14. The van der Waals surface area contributed by atoms with Gasteiger partial charge < -0.3 is 19.6 Å². The van der Waals surface area contributed by atoms with E-state index in [0.29, 0.717) is 12.5 Å². The highest BCUT2D eigenvalue weighted by molar-refractivity contribution is 5.79. The molecule has 0 aliphatic rings. The van der Waals surface area contributed by atoms with E-state index in [1.54, 1.807) is 6.26 Å². The molecule has 0 aliphatic carbocycles. The van der Waals surface area contributed by atoms with Crippen LogP contribution in [0.15, 0.2) is 32.3 Å². The Labute approximate surface area is 150 Å². The number of hydrogen-bond acceptors (Lipinski definition) is 4. The van der Waals surface area contributed by atoms with Crippen LogP contribution in [-0.2, 0) is 25.8 Å². The van der Waals surface area contributed by atoms with Gasteiger partial charge in [-0.2, -0.15) is 0 Å². The van der Waals surface area contributed by atoms with Crippen molar-refractivity contribution in [1.29, 1.82) is 0 Å². The second-order valence-electron chi connectivity index (χ2n) is 6.43. The van der Waals surface area contributed by atoms with Crippen molar-refractivity contribution in [2.75, 3.05) is 13.1 Å². The SMILES string of the molecule is CCc1noc(CC)c1CN=C(NCCc1ccco1)NCC(C)C. The first kappa shape index (κ1) is 19.1. The van der Waals surface area contributed by atoms with Crippen molar-refractivity contribution in [2.24, 2.45) is 10.9 Å². The van der Waals surface area contributed by atoms with Crippen molar-refractivity contribution >= 4 is 5.96 Å². The Hall–Kier alpha value is -2.24. The standard InChI is InChI=1S/C19H30N4O2/c1-5-17-16(18(6-2)25-23-17)13-22-19(21-12-14(3)4)20-10-9-15-8-7-11-24-15/h7-8,11,14H,5-6,9-10,12-13H2,1-4H3,(H2,20,21,22). The van der Waals surface area contributed by atoms with E-state index in [1.807, 2.05) is 12.1 Å². The zero-order valence-corrected chi connectivity index (χ0v) is 15.8. The van der Waals surface area contributed by atoms with Crippen molar-refractivity contribution in [3.05, 3.63) is 41.2 Å². The fourth-order valence-corrected chi connectivity index (χ4v) is 2.51. The maximum absolute atomic E-state index is 5.42. The molecule has 2 rings (SSSR count). The highest BCUT2D eigenvalue weighted by Gasteiger charge is 2.13. The Bertz CT molecular complexity index is 623. The predicted molar refractivity (Wildman–Crippen MR) is 99.7 cm³/mol. The number of nitrogens with zero attached hydrogens (tertiary/aromatic N) is 2. The maximum atomic E-state index is 5.42. The van der Waals surface area contributed by atoms with E-state index in [1.165, 1.54) is 0 Å². The summed E-state index contributed by atoms with van der Waals surface area (Å²) in [6.07, 6.45) is 4.21. The van der Waals surface area contributed by atoms with E-state index in [0.717, 1.165) is 61.1 Å². The average molecular weight is 346 g/mol. The lowest BCUT2D eigenvalue weighted by Gasteiger charge is -2.14. The van der Waals surface area contributed by atoms with Crippen LogP contribution in [0.4, 0.5) is 0 Å². The largest absolute Gasteiger partial charge is 0.469 e. The number of guanidine groups is 1. The molecule has 0 atom stereocenters. The first-order chi connectivity index (χ1) is 12.1. The smallest absolute Gasteiger partial charge is 0.191 e. The van der Waals surface area contributed by atoms with Gasteiger partial charge in [0.1, 0.15) is 11.5 Å². The van der Waals surface area contributed by atoms with Crippen LogP contribution in [0.3, 0.4) is 0 Å². The van der Waals surface area contributed by atoms with E-state index in [9.17, 15) is 0 Å². The van der Waals surface area contributed by atoms with E-state index >= 15 is 0 Å². The van der Waals surface area contributed by atoms with Gasteiger partial charge >= 0.3 is 0 Å². The molecule has 0 saturated heterocycles. The number of hydrogen-bond donors (Lipinski definition) is 2. The monoisotopic (exact) mass is 346 g/mol. The number of aliphatic imine (C=N–C) groups is 1. The number of aryl methyl sites for hydroxylation is 2. The highest BCUT2D eigenvalue weighted by atomic mass is 16.5. The van der Waals surface area contributed by atoms with Crippen LogP contribution in [-0.4, -0.2) is 24.2 Å². The summed E-state index contributed by atoms with van der Waals surface area (Å²) in [7, 11) is 0. The minimum Gasteiger partial charge on any atom is -0.469 e. The maximum Gasteiger partial charge on any atom is 0.191 e. The number of rotatable bonds is 9. The van der Waals surface area contributed by atoms with E-state index < -0.39 is 0 Å². The average Bonchev–Trinajstić information content (AvgIpc) is 3.25. The van der Waals surface area contributed by atoms with Crippen LogP contribution in [0.2, 0.25) is 0 Å². The summed E-state index contributed by atoms with van der Waals surface area (Å²) in [5.74, 6) is 3.26. The minimum absolute atomic E-state index is 0.546. The zero-order valence-electron chi connectivity index (χ0n) is 15.8. The molecule has 6 nitrogen and oxygen atoms in total. The van der Waals surface area contributed by atoms with Gasteiger partial charge in [0.25, 0.3) is 0 Å². The van der Waals surface area contributed by atoms with Gasteiger partial charge in [-0.25, -0.2) is 4.99 Å². The quantitative estimate of drug-likeness (QED) is 0.538. The molecule has 2 heterocycles. The van der Waals surface area contributed by atoms with Crippen LogP contribution in [0, 0.1) is 5.92 Å². The van der Waals surface area contributed by atoms with Gasteiger partial charge in [-0.1, -0.05) is 32.9 Å². The second-order valence-corrected chi connectivity index (χ2v) is 6.43. The van der Waals surface area contributed by atoms with Crippen LogP contribution in [0.25, 0.3) is 0 Å². The van der Waals surface area contributed by atoms with Crippen molar-refractivity contribution in [3.63, 3.8) is 0 Å². The predicted octanol–water partition coefficient (Wildman–Crippen LogP) is 3.33. The summed E-state index contributed by atoms with van der Waals surface area (Å²) in [6.45, 7) is 10.7. The Morgan fingerprint density at radius 1 is 1.24 bits per heavy atom. The van der Waals surface area contributed by atoms with Gasteiger partial charge in [-0.15, -0.1) is 0 Å². The summed E-state index contributed by atoms with van der Waals surface area (Å²) in [4.78, 5) is 4.74. The van der Waals surface area contributed by atoms with E-state index in [4.69, 9.17) is 13.9 Å². The molecule has 0 spiro atoms. The third-order valence-electron chi connectivity index (χ3n) is 3.92. The molecule has 0 fully saturated rings. The number of nitrogens with one attached hydrogen (secondary N) is 2. The van der Waals surface area contributed by atoms with Crippen molar-refractivity contribution in [3.8, 4) is 0 Å². The number of aromatic nitrogens is 1. The number of furan rings is 1. The molecule has 0 bridgehead atoms. The topological polar surface area (TPSA) is 75.6 Å². The molecule has 138 valence electrons. The van der Waals surface area contributed by atoms with Crippen LogP contribution < -0.4 is 10.6 Å². The van der Waals surface area contributed by atoms with Gasteiger partial charge in [-0.05, 0) is 24.5 Å². The Morgan fingerprint density at radius 3 is 2.72 bits per heavy atom. The third kappa shape index (κ3) is 5.96. The van der Waals surface area contributed by atoms with Crippen molar-refractivity contribution in [2.45, 2.75) is 53.5 Å². The Balaban J connectivity index is 2.00. The fraction of sp³-hybridized carbons (Fsp3) is 0.579. The second kappa shape index (κ2) is 9.91. The molecule has 2 aromatic rings. The lowest BCUT2D eigenvalue weighted by atomic mass is 10.1. The van der Waals surface area contributed by atoms with Gasteiger partial charge in [-0.3, -0.25) is 0 Å². The first-order valence-corrected chi connectivity index (χ1v) is 9.14. The Morgan fingerprint density at radius 2 is 2.08 bits per heavy atom. The Kier molecular flexibility index (Phi) is 7.57. The van der Waals surface area contributed by atoms with Gasteiger partial charge in [0.2, 0.25) is 0 Å².